The van der Waals surface area contributed by atoms with E-state index in [1.165, 1.54) is 12.0 Å². The maximum absolute atomic E-state index is 12.4. The molecule has 0 aliphatic carbocycles. The lowest BCUT2D eigenvalue weighted by Gasteiger charge is -2.33. The molecule has 2 atom stereocenters. The van der Waals surface area contributed by atoms with E-state index in [2.05, 4.69) is 0 Å². The summed E-state index contributed by atoms with van der Waals surface area (Å²) in [6.45, 7) is 1.87. The van der Waals surface area contributed by atoms with E-state index in [9.17, 15) is 9.59 Å². The number of nitrogens with zero attached hydrogens (tertiary/aromatic N) is 1. The third-order valence-electron chi connectivity index (χ3n) is 4.44. The minimum Gasteiger partial charge on any atom is -0.353 e. The third kappa shape index (κ3) is 2.24. The number of ether oxygens (including phenoxy) is 3. The van der Waals surface area contributed by atoms with Gasteiger partial charge in [-0.2, -0.15) is 0 Å². The zero-order valence-electron chi connectivity index (χ0n) is 12.9. The molecule has 3 rings (SSSR count). The van der Waals surface area contributed by atoms with Crippen LogP contribution in [0.2, 0.25) is 0 Å². The fourth-order valence-electron chi connectivity index (χ4n) is 3.00. The van der Waals surface area contributed by atoms with E-state index < -0.39 is 11.6 Å². The van der Waals surface area contributed by atoms with E-state index in [0.717, 1.165) is 0 Å². The lowest BCUT2D eigenvalue weighted by molar-refractivity contribution is -0.300. The smallest absolute Gasteiger partial charge is 0.261 e. The molecule has 0 N–H and O–H groups in total. The Morgan fingerprint density at radius 3 is 2.14 bits per heavy atom. The quantitative estimate of drug-likeness (QED) is 0.794. The van der Waals surface area contributed by atoms with Crippen molar-refractivity contribution in [1.82, 2.24) is 4.90 Å². The number of carbonyl (C=O) groups is 2. The number of fused-ring (bicyclic) bond motifs is 1. The highest BCUT2D eigenvalue weighted by Crippen LogP contribution is 2.40. The highest BCUT2D eigenvalue weighted by Gasteiger charge is 2.51. The molecule has 0 saturated carbocycles. The van der Waals surface area contributed by atoms with Crippen LogP contribution in [0, 0.1) is 0 Å². The minimum absolute atomic E-state index is 0.0504. The van der Waals surface area contributed by atoms with Gasteiger partial charge in [-0.1, -0.05) is 12.1 Å². The van der Waals surface area contributed by atoms with Crippen LogP contribution in [0.4, 0.5) is 0 Å². The van der Waals surface area contributed by atoms with Crippen molar-refractivity contribution >= 4 is 11.8 Å². The first-order chi connectivity index (χ1) is 10.4. The van der Waals surface area contributed by atoms with Gasteiger partial charge < -0.3 is 14.2 Å². The molecule has 1 fully saturated rings. The zero-order valence-corrected chi connectivity index (χ0v) is 12.9. The van der Waals surface area contributed by atoms with E-state index in [-0.39, 0.29) is 18.4 Å². The normalized spacial score (nSPS) is 31.0. The van der Waals surface area contributed by atoms with Gasteiger partial charge in [-0.3, -0.25) is 14.5 Å². The molecule has 1 aromatic carbocycles. The van der Waals surface area contributed by atoms with E-state index in [1.54, 1.807) is 31.4 Å². The lowest BCUT2D eigenvalue weighted by Crippen LogP contribution is -2.48. The second-order valence-corrected chi connectivity index (χ2v) is 5.80. The summed E-state index contributed by atoms with van der Waals surface area (Å²) in [6.07, 6.45) is 1.17. The average Bonchev–Trinajstić information content (AvgIpc) is 3.00. The second-order valence-electron chi connectivity index (χ2n) is 5.80. The van der Waals surface area contributed by atoms with Crippen molar-refractivity contribution in [3.05, 3.63) is 35.4 Å². The molecule has 2 amide bonds. The Hall–Kier alpha value is -1.76. The molecule has 1 saturated heterocycles. The van der Waals surface area contributed by atoms with Crippen LogP contribution >= 0.6 is 0 Å². The van der Waals surface area contributed by atoms with Gasteiger partial charge in [0.15, 0.2) is 11.6 Å². The summed E-state index contributed by atoms with van der Waals surface area (Å²) < 4.78 is 16.8. The van der Waals surface area contributed by atoms with Gasteiger partial charge in [0.25, 0.3) is 11.8 Å². The Balaban J connectivity index is 1.85. The van der Waals surface area contributed by atoms with Crippen LogP contribution in [-0.2, 0) is 14.2 Å². The van der Waals surface area contributed by atoms with Gasteiger partial charge in [0, 0.05) is 27.1 Å². The van der Waals surface area contributed by atoms with Crippen LogP contribution in [0.3, 0.4) is 0 Å². The lowest BCUT2D eigenvalue weighted by atomic mass is 10.1. The summed E-state index contributed by atoms with van der Waals surface area (Å²) >= 11 is 0. The first kappa shape index (κ1) is 15.1. The molecule has 0 aromatic heterocycles. The standard InChI is InChI=1S/C16H19NO5/c1-15(20-2)8-9-16(21-3,22-15)10-17-13(18)11-6-4-5-7-12(11)14(17)19/h4-7H,8-10H2,1-3H3. The van der Waals surface area contributed by atoms with Crippen LogP contribution in [0.5, 0.6) is 0 Å². The van der Waals surface area contributed by atoms with Crippen molar-refractivity contribution in [2.75, 3.05) is 20.8 Å². The number of imide groups is 1. The fourth-order valence-corrected chi connectivity index (χ4v) is 3.00. The second kappa shape index (κ2) is 5.15. The van der Waals surface area contributed by atoms with E-state index in [1.807, 2.05) is 6.92 Å². The van der Waals surface area contributed by atoms with Crippen molar-refractivity contribution in [3.8, 4) is 0 Å². The number of hydrogen-bond donors (Lipinski definition) is 0. The van der Waals surface area contributed by atoms with Crippen LogP contribution in [0.25, 0.3) is 0 Å². The molecule has 0 radical (unpaired) electrons. The summed E-state index contributed by atoms with van der Waals surface area (Å²) in [5, 5.41) is 0. The molecule has 22 heavy (non-hydrogen) atoms. The predicted octanol–water partition coefficient (Wildman–Crippen LogP) is 1.80. The monoisotopic (exact) mass is 305 g/mol. The summed E-state index contributed by atoms with van der Waals surface area (Å²) in [4.78, 5) is 26.1. The Morgan fingerprint density at radius 2 is 1.68 bits per heavy atom. The highest BCUT2D eigenvalue weighted by molar-refractivity contribution is 6.21. The van der Waals surface area contributed by atoms with Gasteiger partial charge in [0.05, 0.1) is 17.7 Å². The van der Waals surface area contributed by atoms with Gasteiger partial charge in [-0.15, -0.1) is 0 Å². The molecular formula is C16H19NO5. The first-order valence-electron chi connectivity index (χ1n) is 7.19. The summed E-state index contributed by atoms with van der Waals surface area (Å²) in [5.74, 6) is -2.43. The molecule has 2 heterocycles. The Bertz CT molecular complexity index is 596. The molecule has 118 valence electrons. The highest BCUT2D eigenvalue weighted by atomic mass is 16.8. The number of hydrogen-bond acceptors (Lipinski definition) is 5. The van der Waals surface area contributed by atoms with Crippen molar-refractivity contribution < 1.29 is 23.8 Å². The molecular weight excluding hydrogens is 286 g/mol. The molecule has 6 heteroatoms. The number of benzene rings is 1. The van der Waals surface area contributed by atoms with E-state index >= 15 is 0 Å². The van der Waals surface area contributed by atoms with Crippen LogP contribution in [0.1, 0.15) is 40.5 Å². The van der Waals surface area contributed by atoms with Gasteiger partial charge in [0.1, 0.15) is 0 Å². The van der Waals surface area contributed by atoms with E-state index in [0.29, 0.717) is 24.0 Å². The number of rotatable bonds is 4. The summed E-state index contributed by atoms with van der Waals surface area (Å²) in [6, 6.07) is 6.80. The number of carbonyl (C=O) groups excluding carboxylic acids is 2. The maximum Gasteiger partial charge on any atom is 0.261 e. The molecule has 0 bridgehead atoms. The van der Waals surface area contributed by atoms with Gasteiger partial charge >= 0.3 is 0 Å². The number of methoxy groups -OCH3 is 2. The van der Waals surface area contributed by atoms with Crippen LogP contribution < -0.4 is 0 Å². The number of amides is 2. The largest absolute Gasteiger partial charge is 0.353 e. The minimum atomic E-state index is -1.03. The molecule has 2 aliphatic heterocycles. The van der Waals surface area contributed by atoms with Gasteiger partial charge in [-0.05, 0) is 19.1 Å². The van der Waals surface area contributed by atoms with Crippen molar-refractivity contribution in [2.24, 2.45) is 0 Å². The van der Waals surface area contributed by atoms with Gasteiger partial charge in [0.2, 0.25) is 0 Å². The van der Waals surface area contributed by atoms with Crippen LogP contribution in [0.15, 0.2) is 24.3 Å². The maximum atomic E-state index is 12.4. The SMILES string of the molecule is COC1(C)CCC(CN2C(=O)c3ccccc3C2=O)(OC)O1. The average molecular weight is 305 g/mol. The van der Waals surface area contributed by atoms with Crippen molar-refractivity contribution in [1.29, 1.82) is 0 Å². The third-order valence-corrected chi connectivity index (χ3v) is 4.44. The predicted molar refractivity (Wildman–Crippen MR) is 77.3 cm³/mol. The van der Waals surface area contributed by atoms with E-state index in [4.69, 9.17) is 14.2 Å². The van der Waals surface area contributed by atoms with Crippen LogP contribution in [-0.4, -0.2) is 49.1 Å². The summed E-state index contributed by atoms with van der Waals surface area (Å²) in [5.41, 5.74) is 0.845. The molecule has 2 aliphatic rings. The van der Waals surface area contributed by atoms with Crippen molar-refractivity contribution in [3.63, 3.8) is 0 Å². The fraction of sp³-hybridized carbons (Fsp3) is 0.500. The van der Waals surface area contributed by atoms with Gasteiger partial charge in [-0.25, -0.2) is 0 Å². The Morgan fingerprint density at radius 1 is 1.09 bits per heavy atom. The molecule has 1 aromatic rings. The first-order valence-corrected chi connectivity index (χ1v) is 7.19. The Labute approximate surface area is 128 Å². The summed E-state index contributed by atoms with van der Waals surface area (Å²) in [7, 11) is 3.08. The molecule has 2 unspecified atom stereocenters. The topological polar surface area (TPSA) is 65.1 Å². The zero-order chi connectivity index (χ0) is 16.0. The van der Waals surface area contributed by atoms with Crippen molar-refractivity contribution in [2.45, 2.75) is 31.3 Å². The Kier molecular flexibility index (Phi) is 3.55. The molecule has 6 nitrogen and oxygen atoms in total. The molecule has 0 spiro atoms.